The van der Waals surface area contributed by atoms with Crippen molar-refractivity contribution in [3.63, 3.8) is 0 Å². The Morgan fingerprint density at radius 3 is 2.29 bits per heavy atom. The van der Waals surface area contributed by atoms with E-state index < -0.39 is 6.04 Å². The number of amides is 2. The van der Waals surface area contributed by atoms with Crippen molar-refractivity contribution >= 4 is 23.2 Å². The molecule has 2 atom stereocenters. The van der Waals surface area contributed by atoms with E-state index >= 15 is 0 Å². The molecule has 1 aliphatic heterocycles. The highest BCUT2D eigenvalue weighted by atomic mass is 16.5. The first kappa shape index (κ1) is 18.5. The average Bonchev–Trinajstić information content (AvgIpc) is 3.35. The van der Waals surface area contributed by atoms with Gasteiger partial charge in [0.1, 0.15) is 12.1 Å². The van der Waals surface area contributed by atoms with Crippen LogP contribution in [0.2, 0.25) is 0 Å². The molecule has 1 saturated carbocycles. The summed E-state index contributed by atoms with van der Waals surface area (Å²) in [5, 5.41) is 9.27. The van der Waals surface area contributed by atoms with Crippen molar-refractivity contribution in [1.82, 2.24) is 5.32 Å². The molecule has 4 rings (SSSR count). The summed E-state index contributed by atoms with van der Waals surface area (Å²) in [6.45, 7) is 0.644. The van der Waals surface area contributed by atoms with E-state index in [-0.39, 0.29) is 17.9 Å². The smallest absolute Gasteiger partial charge is 0.253 e. The molecule has 0 spiro atoms. The summed E-state index contributed by atoms with van der Waals surface area (Å²) in [7, 11) is 0. The third-order valence-electron chi connectivity index (χ3n) is 5.00. The van der Waals surface area contributed by atoms with E-state index in [2.05, 4.69) is 16.0 Å². The van der Waals surface area contributed by atoms with Crippen LogP contribution in [0.4, 0.5) is 11.4 Å². The quantitative estimate of drug-likeness (QED) is 0.690. The summed E-state index contributed by atoms with van der Waals surface area (Å²) in [6.07, 6.45) is 3.43. The standard InChI is InChI=1S/C22H25N3O3/c26-21(19-7-4-14-28-19)24-17-10-8-16(9-11-17)23-20(15-5-2-1-3-6-15)22(27)25-18-12-13-18/h1-3,5-6,8-11,18-20,23H,4,7,12-14H2,(H,24,26)(H,25,27)/t19-,20+/m1/s1. The van der Waals surface area contributed by atoms with Crippen molar-refractivity contribution in [3.05, 3.63) is 60.2 Å². The van der Waals surface area contributed by atoms with Crippen LogP contribution in [0.3, 0.4) is 0 Å². The number of hydrogen-bond acceptors (Lipinski definition) is 4. The van der Waals surface area contributed by atoms with Crippen LogP contribution in [-0.2, 0) is 14.3 Å². The van der Waals surface area contributed by atoms with Crippen LogP contribution < -0.4 is 16.0 Å². The lowest BCUT2D eigenvalue weighted by atomic mass is 10.1. The van der Waals surface area contributed by atoms with Crippen LogP contribution in [0.5, 0.6) is 0 Å². The zero-order chi connectivity index (χ0) is 19.3. The summed E-state index contributed by atoms with van der Waals surface area (Å²) >= 11 is 0. The molecule has 2 amide bonds. The summed E-state index contributed by atoms with van der Waals surface area (Å²) in [5.74, 6) is -0.131. The Labute approximate surface area is 164 Å². The second kappa shape index (κ2) is 8.44. The Hall–Kier alpha value is -2.86. The minimum atomic E-state index is -0.464. The number of benzene rings is 2. The van der Waals surface area contributed by atoms with Gasteiger partial charge in [0.15, 0.2) is 0 Å². The van der Waals surface area contributed by atoms with Crippen LogP contribution in [0.25, 0.3) is 0 Å². The molecular weight excluding hydrogens is 354 g/mol. The molecule has 2 aromatic carbocycles. The molecule has 6 heteroatoms. The normalized spacial score (nSPS) is 19.6. The number of hydrogen-bond donors (Lipinski definition) is 3. The maximum atomic E-state index is 12.7. The second-order valence-corrected chi connectivity index (χ2v) is 7.34. The van der Waals surface area contributed by atoms with Crippen molar-refractivity contribution < 1.29 is 14.3 Å². The fraction of sp³-hybridized carbons (Fsp3) is 0.364. The highest BCUT2D eigenvalue weighted by Crippen LogP contribution is 2.25. The Bertz CT molecular complexity index is 813. The number of carbonyl (C=O) groups excluding carboxylic acids is 2. The van der Waals surface area contributed by atoms with Gasteiger partial charge in [0.2, 0.25) is 5.91 Å². The van der Waals surface area contributed by atoms with E-state index in [4.69, 9.17) is 4.74 Å². The number of ether oxygens (including phenoxy) is 1. The van der Waals surface area contributed by atoms with Gasteiger partial charge in [-0.1, -0.05) is 30.3 Å². The largest absolute Gasteiger partial charge is 0.370 e. The predicted octanol–water partition coefficient (Wildman–Crippen LogP) is 3.24. The molecule has 1 saturated heterocycles. The van der Waals surface area contributed by atoms with Gasteiger partial charge in [-0.25, -0.2) is 0 Å². The van der Waals surface area contributed by atoms with Crippen LogP contribution >= 0.6 is 0 Å². The first-order chi connectivity index (χ1) is 13.7. The molecule has 0 radical (unpaired) electrons. The van der Waals surface area contributed by atoms with Gasteiger partial charge in [-0.05, 0) is 55.5 Å². The minimum Gasteiger partial charge on any atom is -0.370 e. The van der Waals surface area contributed by atoms with Gasteiger partial charge < -0.3 is 20.7 Å². The number of carbonyl (C=O) groups is 2. The predicted molar refractivity (Wildman–Crippen MR) is 108 cm³/mol. The van der Waals surface area contributed by atoms with E-state index in [9.17, 15) is 9.59 Å². The van der Waals surface area contributed by atoms with Crippen molar-refractivity contribution in [3.8, 4) is 0 Å². The fourth-order valence-electron chi connectivity index (χ4n) is 3.28. The van der Waals surface area contributed by atoms with Crippen LogP contribution in [-0.4, -0.2) is 30.6 Å². The molecule has 3 N–H and O–H groups in total. The molecule has 2 aromatic rings. The van der Waals surface area contributed by atoms with E-state index in [1.807, 2.05) is 54.6 Å². The number of nitrogens with one attached hydrogen (secondary N) is 3. The van der Waals surface area contributed by atoms with Gasteiger partial charge in [0, 0.05) is 24.0 Å². The van der Waals surface area contributed by atoms with Crippen molar-refractivity contribution in [2.24, 2.45) is 0 Å². The molecular formula is C22H25N3O3. The topological polar surface area (TPSA) is 79.5 Å². The Morgan fingerprint density at radius 2 is 1.64 bits per heavy atom. The van der Waals surface area contributed by atoms with Crippen molar-refractivity contribution in [1.29, 1.82) is 0 Å². The van der Waals surface area contributed by atoms with Crippen LogP contribution in [0, 0.1) is 0 Å². The SMILES string of the molecule is O=C(NC1CC1)[C@@H](Nc1ccc(NC(=O)[C@H]2CCCO2)cc1)c1ccccc1. The van der Waals surface area contributed by atoms with E-state index in [0.29, 0.717) is 18.3 Å². The lowest BCUT2D eigenvalue weighted by Crippen LogP contribution is -2.34. The maximum Gasteiger partial charge on any atom is 0.253 e. The van der Waals surface area contributed by atoms with Gasteiger partial charge >= 0.3 is 0 Å². The van der Waals surface area contributed by atoms with Crippen LogP contribution in [0.1, 0.15) is 37.3 Å². The summed E-state index contributed by atoms with van der Waals surface area (Å²) in [4.78, 5) is 24.9. The molecule has 2 aliphatic rings. The van der Waals surface area contributed by atoms with Gasteiger partial charge in [-0.3, -0.25) is 9.59 Å². The van der Waals surface area contributed by atoms with Gasteiger partial charge in [-0.2, -0.15) is 0 Å². The summed E-state index contributed by atoms with van der Waals surface area (Å²) in [5.41, 5.74) is 2.44. The van der Waals surface area contributed by atoms with E-state index in [0.717, 1.165) is 36.9 Å². The van der Waals surface area contributed by atoms with Crippen molar-refractivity contribution in [2.75, 3.05) is 17.2 Å². The molecule has 146 valence electrons. The maximum absolute atomic E-state index is 12.7. The molecule has 1 heterocycles. The first-order valence-corrected chi connectivity index (χ1v) is 9.83. The van der Waals surface area contributed by atoms with Gasteiger partial charge in [-0.15, -0.1) is 0 Å². The van der Waals surface area contributed by atoms with E-state index in [1.165, 1.54) is 0 Å². The molecule has 0 unspecified atom stereocenters. The number of rotatable bonds is 7. The van der Waals surface area contributed by atoms with Gasteiger partial charge in [0.05, 0.1) is 0 Å². The highest BCUT2D eigenvalue weighted by Gasteiger charge is 2.28. The first-order valence-electron chi connectivity index (χ1n) is 9.83. The fourth-order valence-corrected chi connectivity index (χ4v) is 3.28. The second-order valence-electron chi connectivity index (χ2n) is 7.34. The molecule has 2 fully saturated rings. The molecule has 0 bridgehead atoms. The zero-order valence-corrected chi connectivity index (χ0v) is 15.7. The van der Waals surface area contributed by atoms with Crippen LogP contribution in [0.15, 0.2) is 54.6 Å². The Kier molecular flexibility index (Phi) is 5.58. The van der Waals surface area contributed by atoms with Crippen molar-refractivity contribution in [2.45, 2.75) is 43.9 Å². The monoisotopic (exact) mass is 379 g/mol. The highest BCUT2D eigenvalue weighted by molar-refractivity contribution is 5.94. The Morgan fingerprint density at radius 1 is 0.929 bits per heavy atom. The third kappa shape index (κ3) is 4.70. The lowest BCUT2D eigenvalue weighted by molar-refractivity contribution is -0.124. The average molecular weight is 379 g/mol. The van der Waals surface area contributed by atoms with Gasteiger partial charge in [0.25, 0.3) is 5.91 Å². The molecule has 28 heavy (non-hydrogen) atoms. The molecule has 1 aliphatic carbocycles. The Balaban J connectivity index is 1.42. The minimum absolute atomic E-state index is 0.0236. The number of anilines is 2. The third-order valence-corrected chi connectivity index (χ3v) is 5.00. The zero-order valence-electron chi connectivity index (χ0n) is 15.7. The molecule has 6 nitrogen and oxygen atoms in total. The summed E-state index contributed by atoms with van der Waals surface area (Å²) in [6, 6.07) is 16.9. The van der Waals surface area contributed by atoms with E-state index in [1.54, 1.807) is 0 Å². The summed E-state index contributed by atoms with van der Waals surface area (Å²) < 4.78 is 5.41. The lowest BCUT2D eigenvalue weighted by Gasteiger charge is -2.20. The molecule has 0 aromatic heterocycles.